The SMILES string of the molecule is CC1(CN)CCN(CCOc2ccc(C(F)(F)F)cc2)C1.Cl. The van der Waals surface area contributed by atoms with Gasteiger partial charge in [-0.2, -0.15) is 13.2 Å². The fourth-order valence-electron chi connectivity index (χ4n) is 2.52. The molecule has 22 heavy (non-hydrogen) atoms. The molecular weight excluding hydrogens is 317 g/mol. The van der Waals surface area contributed by atoms with Crippen LogP contribution in [0.25, 0.3) is 0 Å². The minimum Gasteiger partial charge on any atom is -0.492 e. The highest BCUT2D eigenvalue weighted by atomic mass is 35.5. The van der Waals surface area contributed by atoms with Gasteiger partial charge >= 0.3 is 6.18 Å². The minimum atomic E-state index is -4.30. The summed E-state index contributed by atoms with van der Waals surface area (Å²) in [4.78, 5) is 2.27. The van der Waals surface area contributed by atoms with Gasteiger partial charge in [-0.05, 0) is 49.2 Å². The molecule has 126 valence electrons. The Labute approximate surface area is 135 Å². The van der Waals surface area contributed by atoms with E-state index in [-0.39, 0.29) is 17.8 Å². The molecule has 0 radical (unpaired) electrons. The molecule has 0 saturated carbocycles. The molecule has 1 aromatic carbocycles. The summed E-state index contributed by atoms with van der Waals surface area (Å²) in [5.41, 5.74) is 5.27. The molecule has 1 aromatic rings. The first-order chi connectivity index (χ1) is 9.82. The summed E-state index contributed by atoms with van der Waals surface area (Å²) < 4.78 is 42.8. The van der Waals surface area contributed by atoms with E-state index in [1.807, 2.05) is 0 Å². The predicted molar refractivity (Wildman–Crippen MR) is 82.4 cm³/mol. The number of ether oxygens (including phenoxy) is 1. The lowest BCUT2D eigenvalue weighted by Crippen LogP contribution is -2.33. The summed E-state index contributed by atoms with van der Waals surface area (Å²) in [6, 6.07) is 4.79. The van der Waals surface area contributed by atoms with Crippen molar-refractivity contribution < 1.29 is 17.9 Å². The lowest BCUT2D eigenvalue weighted by molar-refractivity contribution is -0.137. The highest BCUT2D eigenvalue weighted by molar-refractivity contribution is 5.85. The van der Waals surface area contributed by atoms with Crippen molar-refractivity contribution in [3.63, 3.8) is 0 Å². The zero-order valence-electron chi connectivity index (χ0n) is 12.5. The lowest BCUT2D eigenvalue weighted by atomic mass is 9.90. The largest absolute Gasteiger partial charge is 0.492 e. The maximum atomic E-state index is 12.4. The van der Waals surface area contributed by atoms with Crippen LogP contribution >= 0.6 is 12.4 Å². The van der Waals surface area contributed by atoms with Gasteiger partial charge in [-0.3, -0.25) is 4.90 Å². The van der Waals surface area contributed by atoms with Crippen molar-refractivity contribution in [2.45, 2.75) is 19.5 Å². The van der Waals surface area contributed by atoms with Gasteiger partial charge < -0.3 is 10.5 Å². The van der Waals surface area contributed by atoms with Crippen LogP contribution in [0, 0.1) is 5.41 Å². The van der Waals surface area contributed by atoms with Gasteiger partial charge in [0.25, 0.3) is 0 Å². The van der Waals surface area contributed by atoms with E-state index in [2.05, 4.69) is 11.8 Å². The Morgan fingerprint density at radius 1 is 1.27 bits per heavy atom. The third-order valence-electron chi connectivity index (χ3n) is 3.99. The van der Waals surface area contributed by atoms with Gasteiger partial charge in [0.2, 0.25) is 0 Å². The highest BCUT2D eigenvalue weighted by Crippen LogP contribution is 2.30. The second-order valence-electron chi connectivity index (χ2n) is 5.91. The molecule has 1 aliphatic rings. The summed E-state index contributed by atoms with van der Waals surface area (Å²) in [5.74, 6) is 0.462. The van der Waals surface area contributed by atoms with Crippen molar-refractivity contribution in [2.24, 2.45) is 11.1 Å². The van der Waals surface area contributed by atoms with Crippen LogP contribution in [-0.2, 0) is 6.18 Å². The van der Waals surface area contributed by atoms with Crippen molar-refractivity contribution in [1.82, 2.24) is 4.90 Å². The maximum absolute atomic E-state index is 12.4. The minimum absolute atomic E-state index is 0. The van der Waals surface area contributed by atoms with Crippen LogP contribution < -0.4 is 10.5 Å². The molecule has 2 N–H and O–H groups in total. The first kappa shape index (κ1) is 19.1. The van der Waals surface area contributed by atoms with Crippen molar-refractivity contribution in [1.29, 1.82) is 0 Å². The first-order valence-corrected chi connectivity index (χ1v) is 7.05. The van der Waals surface area contributed by atoms with Crippen LogP contribution in [0.3, 0.4) is 0 Å². The predicted octanol–water partition coefficient (Wildman–Crippen LogP) is 3.18. The zero-order chi connectivity index (χ0) is 15.5. The van der Waals surface area contributed by atoms with Crippen LogP contribution in [-0.4, -0.2) is 37.7 Å². The number of rotatable bonds is 5. The van der Waals surface area contributed by atoms with Gasteiger partial charge in [-0.15, -0.1) is 12.4 Å². The molecule has 3 nitrogen and oxygen atoms in total. The monoisotopic (exact) mass is 338 g/mol. The van der Waals surface area contributed by atoms with Gasteiger partial charge in [0.15, 0.2) is 0 Å². The molecule has 7 heteroatoms. The van der Waals surface area contributed by atoms with E-state index >= 15 is 0 Å². The van der Waals surface area contributed by atoms with E-state index in [1.165, 1.54) is 12.1 Å². The van der Waals surface area contributed by atoms with E-state index in [1.54, 1.807) is 0 Å². The Hall–Kier alpha value is -0.980. The molecule has 1 fully saturated rings. The normalized spacial score (nSPS) is 22.4. The maximum Gasteiger partial charge on any atom is 0.416 e. The van der Waals surface area contributed by atoms with Gasteiger partial charge in [0, 0.05) is 13.1 Å². The smallest absolute Gasteiger partial charge is 0.416 e. The number of nitrogens with two attached hydrogens (primary N) is 1. The second kappa shape index (κ2) is 7.53. The molecule has 0 bridgehead atoms. The summed E-state index contributed by atoms with van der Waals surface area (Å²) in [5, 5.41) is 0. The Kier molecular flexibility index (Phi) is 6.52. The molecular formula is C15H22ClF3N2O. The standard InChI is InChI=1S/C15H21F3N2O.ClH/c1-14(10-19)6-7-20(11-14)8-9-21-13-4-2-12(3-5-13)15(16,17)18;/h2-5H,6-11,19H2,1H3;1H. The average Bonchev–Trinajstić information content (AvgIpc) is 2.81. The molecule has 0 spiro atoms. The molecule has 0 amide bonds. The van der Waals surface area contributed by atoms with E-state index in [0.29, 0.717) is 18.9 Å². The summed E-state index contributed by atoms with van der Waals surface area (Å²) in [6.45, 7) is 6.00. The molecule has 2 rings (SSSR count). The molecule has 0 aromatic heterocycles. The quantitative estimate of drug-likeness (QED) is 0.896. The molecule has 1 unspecified atom stereocenters. The van der Waals surface area contributed by atoms with E-state index in [0.717, 1.165) is 38.2 Å². The first-order valence-electron chi connectivity index (χ1n) is 7.05. The number of nitrogens with zero attached hydrogens (tertiary/aromatic N) is 1. The van der Waals surface area contributed by atoms with Crippen LogP contribution in [0.15, 0.2) is 24.3 Å². The summed E-state index contributed by atoms with van der Waals surface area (Å²) in [6.07, 6.45) is -3.23. The number of likely N-dealkylation sites (tertiary alicyclic amines) is 1. The molecule has 1 atom stereocenters. The van der Waals surface area contributed by atoms with E-state index in [4.69, 9.17) is 10.5 Å². The van der Waals surface area contributed by atoms with Gasteiger partial charge in [-0.1, -0.05) is 6.92 Å². The van der Waals surface area contributed by atoms with Crippen molar-refractivity contribution >= 4 is 12.4 Å². The van der Waals surface area contributed by atoms with Crippen molar-refractivity contribution in [3.8, 4) is 5.75 Å². The fourth-order valence-corrected chi connectivity index (χ4v) is 2.52. The van der Waals surface area contributed by atoms with Crippen molar-refractivity contribution in [3.05, 3.63) is 29.8 Å². The lowest BCUT2D eigenvalue weighted by Gasteiger charge is -2.22. The van der Waals surface area contributed by atoms with E-state index < -0.39 is 11.7 Å². The van der Waals surface area contributed by atoms with Gasteiger partial charge in [0.05, 0.1) is 5.56 Å². The van der Waals surface area contributed by atoms with Crippen LogP contribution in [0.1, 0.15) is 18.9 Å². The highest BCUT2D eigenvalue weighted by Gasteiger charge is 2.32. The molecule has 1 heterocycles. The summed E-state index contributed by atoms with van der Waals surface area (Å²) in [7, 11) is 0. The third-order valence-corrected chi connectivity index (χ3v) is 3.99. The number of hydrogen-bond acceptors (Lipinski definition) is 3. The Balaban J connectivity index is 0.00000242. The number of hydrogen-bond donors (Lipinski definition) is 1. The molecule has 1 aliphatic heterocycles. The fraction of sp³-hybridized carbons (Fsp3) is 0.600. The number of alkyl halides is 3. The van der Waals surface area contributed by atoms with Gasteiger partial charge in [-0.25, -0.2) is 0 Å². The van der Waals surface area contributed by atoms with Crippen LogP contribution in [0.5, 0.6) is 5.75 Å². The average molecular weight is 339 g/mol. The Bertz CT molecular complexity index is 467. The van der Waals surface area contributed by atoms with E-state index in [9.17, 15) is 13.2 Å². The zero-order valence-corrected chi connectivity index (χ0v) is 13.3. The Morgan fingerprint density at radius 3 is 2.41 bits per heavy atom. The van der Waals surface area contributed by atoms with Crippen LogP contribution in [0.2, 0.25) is 0 Å². The second-order valence-corrected chi connectivity index (χ2v) is 5.91. The molecule has 1 saturated heterocycles. The Morgan fingerprint density at radius 2 is 1.91 bits per heavy atom. The third kappa shape index (κ3) is 5.04. The summed E-state index contributed by atoms with van der Waals surface area (Å²) >= 11 is 0. The number of benzene rings is 1. The van der Waals surface area contributed by atoms with Crippen LogP contribution in [0.4, 0.5) is 13.2 Å². The topological polar surface area (TPSA) is 38.5 Å². The van der Waals surface area contributed by atoms with Gasteiger partial charge in [0.1, 0.15) is 12.4 Å². The van der Waals surface area contributed by atoms with Crippen molar-refractivity contribution in [2.75, 3.05) is 32.8 Å². The molecule has 0 aliphatic carbocycles. The number of halogens is 4.